The van der Waals surface area contributed by atoms with Crippen LogP contribution in [0.3, 0.4) is 0 Å². The highest BCUT2D eigenvalue weighted by molar-refractivity contribution is 6.95. The van der Waals surface area contributed by atoms with Gasteiger partial charge in [-0.15, -0.1) is 0 Å². The predicted octanol–water partition coefficient (Wildman–Crippen LogP) is 14.2. The van der Waals surface area contributed by atoms with E-state index in [2.05, 4.69) is 249 Å². The van der Waals surface area contributed by atoms with Crippen LogP contribution in [-0.4, -0.2) is 154 Å². The van der Waals surface area contributed by atoms with Crippen molar-refractivity contribution in [2.75, 3.05) is 0 Å². The molecule has 0 aliphatic carbocycles. The minimum Gasteiger partial charge on any atom is -0.437 e. The summed E-state index contributed by atoms with van der Waals surface area (Å²) in [7, 11) is -47.0. The molecule has 0 radical (unpaired) electrons. The minimum atomic E-state index is -2.83. The molecule has 0 unspecified atom stereocenters. The molecule has 0 aromatic rings. The lowest BCUT2D eigenvalue weighted by molar-refractivity contribution is 0.250. The van der Waals surface area contributed by atoms with Crippen molar-refractivity contribution in [2.45, 2.75) is 249 Å². The molecule has 0 rings (SSSR count). The van der Waals surface area contributed by atoms with Crippen molar-refractivity contribution >= 4 is 154 Å². The van der Waals surface area contributed by atoms with Gasteiger partial charge in [0.2, 0.25) is 0 Å². The first-order chi connectivity index (χ1) is 31.0. The summed E-state index contributed by atoms with van der Waals surface area (Å²) < 4.78 is 116. The van der Waals surface area contributed by atoms with Crippen molar-refractivity contribution < 1.29 is 70.0 Å². The van der Waals surface area contributed by atoms with Gasteiger partial charge >= 0.3 is 137 Å². The fourth-order valence-electron chi connectivity index (χ4n) is 10.7. The molecule has 0 aliphatic rings. The van der Waals surface area contributed by atoms with Crippen molar-refractivity contribution in [3.05, 3.63) is 0 Å². The standard InChI is InChI=1S/C38H114O17Si18/c1-56(2,3)39-58(7,8)41-60(11,12)43-62(15,16)45-64(19,20)47-66(23,24)49-68(27,28)51-70(31,32)53-72(35,36)55-73(37,38)54-71(33,34)52-69(29,30)50-67(25,26)48-65(21,22)46-63(17,18)44-61(13,14)42-59(9,10)40-57(4,5)6/h1-38H3. The number of rotatable bonds is 34. The summed E-state index contributed by atoms with van der Waals surface area (Å²) >= 11 is 0. The molecule has 0 fully saturated rings. The topological polar surface area (TPSA) is 157 Å². The van der Waals surface area contributed by atoms with E-state index >= 15 is 0 Å². The molecule has 0 amide bonds. The summed E-state index contributed by atoms with van der Waals surface area (Å²) in [6.45, 7) is 79.4. The van der Waals surface area contributed by atoms with Gasteiger partial charge in [0.05, 0.1) is 0 Å². The van der Waals surface area contributed by atoms with Gasteiger partial charge in [0.15, 0.2) is 16.6 Å². The third-order valence-corrected chi connectivity index (χ3v) is 76.3. The largest absolute Gasteiger partial charge is 0.437 e. The van der Waals surface area contributed by atoms with E-state index in [0.717, 1.165) is 0 Å². The van der Waals surface area contributed by atoms with Gasteiger partial charge < -0.3 is 70.0 Å². The molecule has 35 heteroatoms. The normalized spacial score (nSPS) is 16.2. The molecular weight excluding hydrogens is 1230 g/mol. The molecule has 0 spiro atoms. The Morgan fingerprint density at radius 2 is 0.151 bits per heavy atom. The van der Waals surface area contributed by atoms with E-state index in [1.807, 2.05) is 0 Å². The highest BCUT2D eigenvalue weighted by atomic mass is 28.5. The van der Waals surface area contributed by atoms with E-state index in [1.54, 1.807) is 0 Å². The van der Waals surface area contributed by atoms with Crippen molar-refractivity contribution in [1.29, 1.82) is 0 Å². The van der Waals surface area contributed by atoms with Crippen molar-refractivity contribution in [1.82, 2.24) is 0 Å². The number of hydrogen-bond donors (Lipinski definition) is 0. The van der Waals surface area contributed by atoms with Gasteiger partial charge in [-0.1, -0.05) is 0 Å². The maximum Gasteiger partial charge on any atom is 0.314 e. The Kier molecular flexibility index (Phi) is 26.3. The smallest absolute Gasteiger partial charge is 0.314 e. The summed E-state index contributed by atoms with van der Waals surface area (Å²) in [4.78, 5) is 0. The van der Waals surface area contributed by atoms with Crippen LogP contribution in [0.5, 0.6) is 0 Å². The van der Waals surface area contributed by atoms with Crippen LogP contribution >= 0.6 is 0 Å². The average Bonchev–Trinajstić information content (AvgIpc) is 2.82. The summed E-state index contributed by atoms with van der Waals surface area (Å²) in [6.07, 6.45) is 0. The maximum absolute atomic E-state index is 6.92. The van der Waals surface area contributed by atoms with Crippen LogP contribution in [0.15, 0.2) is 0 Å². The van der Waals surface area contributed by atoms with Gasteiger partial charge in [-0.25, -0.2) is 0 Å². The Balaban J connectivity index is 5.77. The molecule has 0 aromatic carbocycles. The van der Waals surface area contributed by atoms with Crippen LogP contribution in [0.25, 0.3) is 0 Å². The SMILES string of the molecule is C[Si](C)(C)O[Si](C)(C)O[Si](C)(C)O[Si](C)(C)O[Si](C)(C)O[Si](C)(C)O[Si](C)(C)O[Si](C)(C)O[Si](C)(C)O[Si](C)(C)O[Si](C)(C)O[Si](C)(C)O[Si](C)(C)O[Si](C)(C)O[Si](C)(C)O[Si](C)(C)O[Si](C)(C)O[Si](C)(C)C. The fourth-order valence-corrected chi connectivity index (χ4v) is 102. The predicted molar refractivity (Wildman–Crippen MR) is 345 cm³/mol. The van der Waals surface area contributed by atoms with E-state index in [4.69, 9.17) is 70.0 Å². The highest BCUT2D eigenvalue weighted by Crippen LogP contribution is 2.34. The van der Waals surface area contributed by atoms with Crippen LogP contribution in [-0.2, 0) is 70.0 Å². The summed E-state index contributed by atoms with van der Waals surface area (Å²) in [6, 6.07) is 0. The molecule has 17 nitrogen and oxygen atoms in total. The molecule has 440 valence electrons. The minimum absolute atomic E-state index is 1.79. The Labute approximate surface area is 468 Å². The Bertz CT molecular complexity index is 1640. The molecule has 0 saturated heterocycles. The summed E-state index contributed by atoms with van der Waals surface area (Å²) in [5.74, 6) is 0. The van der Waals surface area contributed by atoms with E-state index in [9.17, 15) is 0 Å². The lowest BCUT2D eigenvalue weighted by atomic mass is 11.8. The first-order valence-electron chi connectivity index (χ1n) is 25.9. The zero-order valence-corrected chi connectivity index (χ0v) is 71.9. The lowest BCUT2D eigenvalue weighted by Gasteiger charge is -2.45. The molecule has 0 saturated carbocycles. The second-order valence-electron chi connectivity index (χ2n) is 28.4. The van der Waals surface area contributed by atoms with Crippen molar-refractivity contribution in [2.24, 2.45) is 0 Å². The molecule has 0 bridgehead atoms. The average molecular weight is 1350 g/mol. The molecule has 73 heavy (non-hydrogen) atoms. The third kappa shape index (κ3) is 36.4. The third-order valence-electron chi connectivity index (χ3n) is 8.48. The van der Waals surface area contributed by atoms with Gasteiger partial charge in [-0.05, 0) is 249 Å². The van der Waals surface area contributed by atoms with Crippen LogP contribution in [0, 0.1) is 0 Å². The Morgan fingerprint density at radius 1 is 0.0959 bits per heavy atom. The number of hydrogen-bond acceptors (Lipinski definition) is 17. The molecule has 0 aromatic heterocycles. The van der Waals surface area contributed by atoms with Gasteiger partial charge in [0.25, 0.3) is 0 Å². The Hall–Kier alpha value is 3.22. The van der Waals surface area contributed by atoms with Crippen LogP contribution in [0.4, 0.5) is 0 Å². The van der Waals surface area contributed by atoms with E-state index in [1.165, 1.54) is 0 Å². The molecule has 0 N–H and O–H groups in total. The summed E-state index contributed by atoms with van der Waals surface area (Å²) in [5.41, 5.74) is 0. The van der Waals surface area contributed by atoms with Gasteiger partial charge in [0.1, 0.15) is 0 Å². The maximum atomic E-state index is 6.92. The van der Waals surface area contributed by atoms with Gasteiger partial charge in [-0.2, -0.15) is 0 Å². The molecular formula is C38H114O17Si18. The van der Waals surface area contributed by atoms with E-state index < -0.39 is 154 Å². The monoisotopic (exact) mass is 1350 g/mol. The zero-order chi connectivity index (χ0) is 59.0. The van der Waals surface area contributed by atoms with E-state index in [-0.39, 0.29) is 0 Å². The second-order valence-corrected chi connectivity index (χ2v) is 95.5. The van der Waals surface area contributed by atoms with Gasteiger partial charge in [-0.3, -0.25) is 0 Å². The van der Waals surface area contributed by atoms with Crippen LogP contribution in [0.1, 0.15) is 0 Å². The van der Waals surface area contributed by atoms with Crippen molar-refractivity contribution in [3.63, 3.8) is 0 Å². The van der Waals surface area contributed by atoms with Crippen LogP contribution in [0.2, 0.25) is 249 Å². The highest BCUT2D eigenvalue weighted by Gasteiger charge is 2.54. The molecule has 0 heterocycles. The first-order valence-corrected chi connectivity index (χ1v) is 77.8. The van der Waals surface area contributed by atoms with Crippen LogP contribution < -0.4 is 0 Å². The molecule has 0 atom stereocenters. The lowest BCUT2D eigenvalue weighted by Crippen LogP contribution is -2.63. The molecule has 0 aliphatic heterocycles. The zero-order valence-electron chi connectivity index (χ0n) is 53.9. The Morgan fingerprint density at radius 3 is 0.205 bits per heavy atom. The van der Waals surface area contributed by atoms with Gasteiger partial charge in [0, 0.05) is 0 Å². The summed E-state index contributed by atoms with van der Waals surface area (Å²) in [5, 5.41) is 0. The quantitative estimate of drug-likeness (QED) is 0.0560. The van der Waals surface area contributed by atoms with Crippen molar-refractivity contribution in [3.8, 4) is 0 Å². The first kappa shape index (κ1) is 76.2. The second kappa shape index (κ2) is 25.2. The van der Waals surface area contributed by atoms with E-state index in [0.29, 0.717) is 0 Å². The fraction of sp³-hybridized carbons (Fsp3) is 1.00.